The van der Waals surface area contributed by atoms with Gasteiger partial charge in [0.2, 0.25) is 0 Å². The number of carbonyl (C=O) groups is 1. The molecule has 2 fully saturated rings. The third-order valence-corrected chi connectivity index (χ3v) is 5.90. The van der Waals surface area contributed by atoms with Gasteiger partial charge in [0.1, 0.15) is 11.8 Å². The molecule has 5 nitrogen and oxygen atoms in total. The van der Waals surface area contributed by atoms with Crippen molar-refractivity contribution in [2.75, 3.05) is 6.54 Å². The molecule has 140 valence electrons. The standard InChI is InChI=1S/C20H27N3O2S/c1-20(2,3)25-19(24)22-11-10-16-17(22)21-18(26)23(16)15-9-8-13-6-4-5-7-14(13)12-15/h4-7,15-17H,8-12H2,1-3H3,(H,21,26)/t15-,16?,17?/m0/s1. The second-order valence-electron chi connectivity index (χ2n) is 8.50. The molecule has 0 saturated carbocycles. The Labute approximate surface area is 160 Å². The first kappa shape index (κ1) is 17.6. The van der Waals surface area contributed by atoms with Gasteiger partial charge in [-0.15, -0.1) is 0 Å². The molecule has 0 spiro atoms. The zero-order valence-corrected chi connectivity index (χ0v) is 16.5. The lowest BCUT2D eigenvalue weighted by atomic mass is 9.87. The van der Waals surface area contributed by atoms with Gasteiger partial charge < -0.3 is 15.0 Å². The highest BCUT2D eigenvalue weighted by Gasteiger charge is 2.49. The fourth-order valence-corrected chi connectivity index (χ4v) is 4.88. The van der Waals surface area contributed by atoms with Crippen molar-refractivity contribution in [3.05, 3.63) is 35.4 Å². The van der Waals surface area contributed by atoms with Crippen LogP contribution in [0.3, 0.4) is 0 Å². The summed E-state index contributed by atoms with van der Waals surface area (Å²) >= 11 is 5.66. The maximum absolute atomic E-state index is 12.6. The first-order valence-corrected chi connectivity index (χ1v) is 9.89. The smallest absolute Gasteiger partial charge is 0.412 e. The van der Waals surface area contributed by atoms with Crippen molar-refractivity contribution in [3.8, 4) is 0 Å². The number of nitrogens with zero attached hydrogens (tertiary/aromatic N) is 2. The van der Waals surface area contributed by atoms with E-state index in [4.69, 9.17) is 17.0 Å². The van der Waals surface area contributed by atoms with Crippen LogP contribution in [0.5, 0.6) is 0 Å². The van der Waals surface area contributed by atoms with E-state index in [1.165, 1.54) is 11.1 Å². The fourth-order valence-electron chi connectivity index (χ4n) is 4.47. The molecule has 1 aliphatic carbocycles. The number of rotatable bonds is 1. The molecular formula is C20H27N3O2S. The van der Waals surface area contributed by atoms with Gasteiger partial charge in [0.15, 0.2) is 5.11 Å². The summed E-state index contributed by atoms with van der Waals surface area (Å²) in [7, 11) is 0. The van der Waals surface area contributed by atoms with Gasteiger partial charge in [0.05, 0.1) is 6.04 Å². The van der Waals surface area contributed by atoms with Gasteiger partial charge in [-0.05, 0) is 69.8 Å². The molecule has 0 bridgehead atoms. The van der Waals surface area contributed by atoms with Gasteiger partial charge in [-0.1, -0.05) is 24.3 Å². The van der Waals surface area contributed by atoms with Crippen LogP contribution in [0.4, 0.5) is 4.79 Å². The Balaban J connectivity index is 1.49. The van der Waals surface area contributed by atoms with E-state index in [2.05, 4.69) is 34.5 Å². The Bertz CT molecular complexity index is 730. The molecule has 1 aromatic carbocycles. The fraction of sp³-hybridized carbons (Fsp3) is 0.600. The van der Waals surface area contributed by atoms with Crippen LogP contribution in [0.15, 0.2) is 24.3 Å². The van der Waals surface area contributed by atoms with E-state index in [1.54, 1.807) is 4.90 Å². The Hall–Kier alpha value is -1.82. The largest absolute Gasteiger partial charge is 0.444 e. The molecule has 0 aromatic heterocycles. The van der Waals surface area contributed by atoms with Crippen molar-refractivity contribution >= 4 is 23.4 Å². The van der Waals surface area contributed by atoms with Crippen LogP contribution in [0.2, 0.25) is 0 Å². The summed E-state index contributed by atoms with van der Waals surface area (Å²) < 4.78 is 5.58. The molecule has 2 heterocycles. The number of fused-ring (bicyclic) bond motifs is 2. The Morgan fingerprint density at radius 2 is 1.96 bits per heavy atom. The van der Waals surface area contributed by atoms with E-state index in [-0.39, 0.29) is 18.3 Å². The van der Waals surface area contributed by atoms with Gasteiger partial charge in [-0.3, -0.25) is 4.90 Å². The summed E-state index contributed by atoms with van der Waals surface area (Å²) in [5.41, 5.74) is 2.40. The Kier molecular flexibility index (Phi) is 4.34. The molecule has 1 amide bonds. The van der Waals surface area contributed by atoms with E-state index < -0.39 is 5.60 Å². The maximum Gasteiger partial charge on any atom is 0.412 e. The lowest BCUT2D eigenvalue weighted by molar-refractivity contribution is 0.0205. The van der Waals surface area contributed by atoms with E-state index in [0.717, 1.165) is 30.8 Å². The third kappa shape index (κ3) is 3.15. The minimum absolute atomic E-state index is 0.0745. The summed E-state index contributed by atoms with van der Waals surface area (Å²) in [4.78, 5) is 16.7. The van der Waals surface area contributed by atoms with E-state index in [9.17, 15) is 4.79 Å². The first-order valence-electron chi connectivity index (χ1n) is 9.49. The summed E-state index contributed by atoms with van der Waals surface area (Å²) in [6, 6.07) is 9.34. The zero-order chi connectivity index (χ0) is 18.5. The number of carbonyl (C=O) groups excluding carboxylic acids is 1. The molecule has 3 atom stereocenters. The van der Waals surface area contributed by atoms with Crippen LogP contribution in [-0.4, -0.2) is 51.4 Å². The number of thiocarbonyl (C=S) groups is 1. The number of benzene rings is 1. The highest BCUT2D eigenvalue weighted by atomic mass is 32.1. The van der Waals surface area contributed by atoms with Crippen LogP contribution >= 0.6 is 12.2 Å². The summed E-state index contributed by atoms with van der Waals surface area (Å²) in [6.45, 7) is 6.41. The highest BCUT2D eigenvalue weighted by molar-refractivity contribution is 7.80. The number of aryl methyl sites for hydroxylation is 1. The molecular weight excluding hydrogens is 346 g/mol. The SMILES string of the molecule is CC(C)(C)OC(=O)N1CCC2C1NC(=S)N2[C@H]1CCc2ccccc2C1. The normalized spacial score (nSPS) is 27.8. The first-order chi connectivity index (χ1) is 12.3. The van der Waals surface area contributed by atoms with E-state index in [1.807, 2.05) is 20.8 Å². The van der Waals surface area contributed by atoms with Crippen LogP contribution in [0.25, 0.3) is 0 Å². The number of likely N-dealkylation sites (tertiary alicyclic amines) is 1. The van der Waals surface area contributed by atoms with Gasteiger partial charge in [0.25, 0.3) is 0 Å². The average Bonchev–Trinajstić information content (AvgIpc) is 3.10. The molecule has 0 radical (unpaired) electrons. The minimum atomic E-state index is -0.485. The molecule has 6 heteroatoms. The Morgan fingerprint density at radius 3 is 2.69 bits per heavy atom. The predicted octanol–water partition coefficient (Wildman–Crippen LogP) is 3.07. The maximum atomic E-state index is 12.6. The van der Waals surface area contributed by atoms with Crippen LogP contribution in [-0.2, 0) is 17.6 Å². The van der Waals surface area contributed by atoms with Crippen LogP contribution in [0.1, 0.15) is 44.7 Å². The second-order valence-corrected chi connectivity index (χ2v) is 8.88. The van der Waals surface area contributed by atoms with Crippen molar-refractivity contribution in [1.82, 2.24) is 15.1 Å². The molecule has 2 unspecified atom stereocenters. The summed E-state index contributed by atoms with van der Waals surface area (Å²) in [5.74, 6) is 0. The summed E-state index contributed by atoms with van der Waals surface area (Å²) in [5, 5.41) is 4.16. The van der Waals surface area contributed by atoms with Gasteiger partial charge in [0, 0.05) is 12.6 Å². The lowest BCUT2D eigenvalue weighted by Crippen LogP contribution is -2.47. The molecule has 1 N–H and O–H groups in total. The van der Waals surface area contributed by atoms with Crippen LogP contribution < -0.4 is 5.32 Å². The topological polar surface area (TPSA) is 44.8 Å². The average molecular weight is 374 g/mol. The van der Waals surface area contributed by atoms with E-state index in [0.29, 0.717) is 12.6 Å². The predicted molar refractivity (Wildman–Crippen MR) is 105 cm³/mol. The zero-order valence-electron chi connectivity index (χ0n) is 15.7. The van der Waals surface area contributed by atoms with Crippen LogP contribution in [0, 0.1) is 0 Å². The molecule has 2 saturated heterocycles. The number of hydrogen-bond donors (Lipinski definition) is 1. The third-order valence-electron chi connectivity index (χ3n) is 5.57. The van der Waals surface area contributed by atoms with Crippen molar-refractivity contribution in [2.45, 2.75) is 70.3 Å². The molecule has 1 aromatic rings. The molecule has 2 aliphatic heterocycles. The van der Waals surface area contributed by atoms with Crippen molar-refractivity contribution in [1.29, 1.82) is 0 Å². The second kappa shape index (κ2) is 6.41. The highest BCUT2D eigenvalue weighted by Crippen LogP contribution is 2.34. The number of amides is 1. The van der Waals surface area contributed by atoms with Gasteiger partial charge in [-0.25, -0.2) is 4.79 Å². The number of ether oxygens (including phenoxy) is 1. The van der Waals surface area contributed by atoms with Crippen molar-refractivity contribution < 1.29 is 9.53 Å². The lowest BCUT2D eigenvalue weighted by Gasteiger charge is -2.36. The van der Waals surface area contributed by atoms with E-state index >= 15 is 0 Å². The number of hydrogen-bond acceptors (Lipinski definition) is 3. The van der Waals surface area contributed by atoms with Crippen molar-refractivity contribution in [3.63, 3.8) is 0 Å². The summed E-state index contributed by atoms with van der Waals surface area (Å²) in [6.07, 6.45) is 3.82. The van der Waals surface area contributed by atoms with Gasteiger partial charge >= 0.3 is 6.09 Å². The quantitative estimate of drug-likeness (QED) is 0.767. The molecule has 26 heavy (non-hydrogen) atoms. The number of nitrogens with one attached hydrogen (secondary N) is 1. The minimum Gasteiger partial charge on any atom is -0.444 e. The Morgan fingerprint density at radius 1 is 1.23 bits per heavy atom. The van der Waals surface area contributed by atoms with Crippen molar-refractivity contribution in [2.24, 2.45) is 0 Å². The monoisotopic (exact) mass is 373 g/mol. The molecule has 4 rings (SSSR count). The molecule has 3 aliphatic rings. The van der Waals surface area contributed by atoms with Gasteiger partial charge in [-0.2, -0.15) is 0 Å².